The number of rotatable bonds is 2. The van der Waals surface area contributed by atoms with Crippen LogP contribution in [-0.4, -0.2) is 6.67 Å². The van der Waals surface area contributed by atoms with E-state index in [0.29, 0.717) is 21.9 Å². The van der Waals surface area contributed by atoms with Crippen LogP contribution in [0.3, 0.4) is 0 Å². The second kappa shape index (κ2) is 4.50. The second-order valence-electron chi connectivity index (χ2n) is 2.33. The zero-order valence-corrected chi connectivity index (χ0v) is 10.5. The first-order chi connectivity index (χ1) is 6.07. The van der Waals surface area contributed by atoms with Gasteiger partial charge in [0.15, 0.2) is 0 Å². The monoisotopic (exact) mass is 327 g/mol. The number of hydrogen-bond acceptors (Lipinski definition) is 3. The van der Waals surface area contributed by atoms with Crippen LogP contribution >= 0.6 is 43.5 Å². The Balaban J connectivity index is 3.24. The van der Waals surface area contributed by atoms with Gasteiger partial charge in [0, 0.05) is 4.47 Å². The van der Waals surface area contributed by atoms with E-state index in [-0.39, 0.29) is 0 Å². The summed E-state index contributed by atoms with van der Waals surface area (Å²) in [5.41, 5.74) is 12.4. The van der Waals surface area contributed by atoms with Gasteiger partial charge in [-0.3, -0.25) is 0 Å². The number of nitrogen functional groups attached to an aromatic ring is 1. The predicted octanol–water partition coefficient (Wildman–Crippen LogP) is 2.78. The van der Waals surface area contributed by atoms with E-state index in [0.717, 1.165) is 10.2 Å². The van der Waals surface area contributed by atoms with E-state index >= 15 is 0 Å². The summed E-state index contributed by atoms with van der Waals surface area (Å²) in [6, 6.07) is 1.79. The van der Waals surface area contributed by atoms with E-state index in [4.69, 9.17) is 23.1 Å². The average molecular weight is 329 g/mol. The molecule has 0 atom stereocenters. The standard InChI is InChI=1S/C7H8Br2ClN3/c8-3-1-4(13-2-11)7(12)5(9)6(3)10/h1,13H,2,11-12H2. The molecule has 0 aliphatic heterocycles. The molecule has 13 heavy (non-hydrogen) atoms. The van der Waals surface area contributed by atoms with Crippen molar-refractivity contribution < 1.29 is 0 Å². The fourth-order valence-electron chi connectivity index (χ4n) is 0.865. The van der Waals surface area contributed by atoms with Crippen LogP contribution in [-0.2, 0) is 0 Å². The van der Waals surface area contributed by atoms with E-state index in [1.54, 1.807) is 6.07 Å². The van der Waals surface area contributed by atoms with Crippen molar-refractivity contribution in [1.29, 1.82) is 0 Å². The minimum atomic E-state index is 0.324. The van der Waals surface area contributed by atoms with Crippen LogP contribution in [0.25, 0.3) is 0 Å². The van der Waals surface area contributed by atoms with Crippen LogP contribution < -0.4 is 16.8 Å². The van der Waals surface area contributed by atoms with Crippen molar-refractivity contribution in [2.45, 2.75) is 0 Å². The molecule has 0 amide bonds. The molecule has 72 valence electrons. The highest BCUT2D eigenvalue weighted by molar-refractivity contribution is 9.11. The number of benzene rings is 1. The van der Waals surface area contributed by atoms with Gasteiger partial charge in [0.2, 0.25) is 0 Å². The van der Waals surface area contributed by atoms with Gasteiger partial charge in [-0.1, -0.05) is 11.6 Å². The first-order valence-corrected chi connectivity index (χ1v) is 5.41. The van der Waals surface area contributed by atoms with Gasteiger partial charge in [-0.05, 0) is 37.9 Å². The number of nitrogens with two attached hydrogens (primary N) is 2. The third kappa shape index (κ3) is 2.28. The van der Waals surface area contributed by atoms with Gasteiger partial charge in [0.1, 0.15) is 0 Å². The van der Waals surface area contributed by atoms with Crippen LogP contribution in [0.1, 0.15) is 0 Å². The highest BCUT2D eigenvalue weighted by Gasteiger charge is 2.10. The van der Waals surface area contributed by atoms with Gasteiger partial charge in [0.05, 0.1) is 27.5 Å². The minimum absolute atomic E-state index is 0.324. The summed E-state index contributed by atoms with van der Waals surface area (Å²) >= 11 is 12.5. The van der Waals surface area contributed by atoms with Crippen molar-refractivity contribution in [3.63, 3.8) is 0 Å². The Hall–Kier alpha value is 0.0300. The Morgan fingerprint density at radius 2 is 2.08 bits per heavy atom. The van der Waals surface area contributed by atoms with Crippen LogP contribution in [0.2, 0.25) is 5.02 Å². The summed E-state index contributed by atoms with van der Waals surface area (Å²) in [7, 11) is 0. The molecule has 0 aliphatic rings. The van der Waals surface area contributed by atoms with Crippen molar-refractivity contribution in [1.82, 2.24) is 0 Å². The SMILES string of the molecule is NCNc1cc(Br)c(Cl)c(Br)c1N. The molecule has 1 rings (SSSR count). The summed E-state index contributed by atoms with van der Waals surface area (Å²) in [4.78, 5) is 0. The summed E-state index contributed by atoms with van der Waals surface area (Å²) in [6.45, 7) is 0.324. The van der Waals surface area contributed by atoms with Crippen LogP contribution in [0, 0.1) is 0 Å². The van der Waals surface area contributed by atoms with E-state index in [1.807, 2.05) is 0 Å². The smallest absolute Gasteiger partial charge is 0.0712 e. The maximum absolute atomic E-state index is 5.92. The largest absolute Gasteiger partial charge is 0.396 e. The molecule has 0 saturated heterocycles. The maximum Gasteiger partial charge on any atom is 0.0712 e. The molecule has 6 heteroatoms. The fraction of sp³-hybridized carbons (Fsp3) is 0.143. The van der Waals surface area contributed by atoms with Crippen molar-refractivity contribution in [3.8, 4) is 0 Å². The minimum Gasteiger partial charge on any atom is -0.396 e. The van der Waals surface area contributed by atoms with Gasteiger partial charge in [-0.15, -0.1) is 0 Å². The molecular formula is C7H8Br2ClN3. The molecule has 3 nitrogen and oxygen atoms in total. The van der Waals surface area contributed by atoms with Gasteiger partial charge in [-0.25, -0.2) is 0 Å². The first-order valence-electron chi connectivity index (χ1n) is 3.44. The number of hydrogen-bond donors (Lipinski definition) is 3. The van der Waals surface area contributed by atoms with E-state index in [1.165, 1.54) is 0 Å². The zero-order chi connectivity index (χ0) is 10.0. The molecule has 0 aliphatic carbocycles. The quantitative estimate of drug-likeness (QED) is 0.444. The van der Waals surface area contributed by atoms with Gasteiger partial charge in [-0.2, -0.15) is 0 Å². The Morgan fingerprint density at radius 3 is 2.62 bits per heavy atom. The Bertz CT molecular complexity index is 330. The average Bonchev–Trinajstić information content (AvgIpc) is 2.11. The summed E-state index contributed by atoms with van der Waals surface area (Å²) in [5, 5.41) is 3.47. The lowest BCUT2D eigenvalue weighted by molar-refractivity contribution is 1.14. The molecule has 1 aromatic rings. The first kappa shape index (κ1) is 11.1. The lowest BCUT2D eigenvalue weighted by Crippen LogP contribution is -2.12. The van der Waals surface area contributed by atoms with Gasteiger partial charge >= 0.3 is 0 Å². The summed E-state index contributed by atoms with van der Waals surface area (Å²) in [5.74, 6) is 0. The molecule has 1 aromatic carbocycles. The Labute approximate surface area is 98.1 Å². The topological polar surface area (TPSA) is 64.1 Å². The van der Waals surface area contributed by atoms with Gasteiger partial charge < -0.3 is 16.8 Å². The molecule has 0 aromatic heterocycles. The van der Waals surface area contributed by atoms with Crippen LogP contribution in [0.15, 0.2) is 15.0 Å². The van der Waals surface area contributed by atoms with Crippen molar-refractivity contribution in [2.24, 2.45) is 5.73 Å². The van der Waals surface area contributed by atoms with Crippen molar-refractivity contribution in [3.05, 3.63) is 20.0 Å². The molecule has 0 heterocycles. The second-order valence-corrected chi connectivity index (χ2v) is 4.35. The molecule has 0 radical (unpaired) electrons. The normalized spacial score (nSPS) is 10.2. The molecule has 0 fully saturated rings. The highest BCUT2D eigenvalue weighted by atomic mass is 79.9. The molecule has 0 saturated carbocycles. The lowest BCUT2D eigenvalue weighted by Gasteiger charge is -2.11. The zero-order valence-electron chi connectivity index (χ0n) is 6.57. The number of halogens is 3. The van der Waals surface area contributed by atoms with Crippen LogP contribution in [0.4, 0.5) is 11.4 Å². The molecule has 0 bridgehead atoms. The number of anilines is 2. The summed E-state index contributed by atoms with van der Waals surface area (Å²) in [6.07, 6.45) is 0. The third-order valence-electron chi connectivity index (χ3n) is 1.49. The Kier molecular flexibility index (Phi) is 3.85. The third-order valence-corrected chi connectivity index (χ3v) is 3.79. The maximum atomic E-state index is 5.92. The van der Waals surface area contributed by atoms with E-state index in [9.17, 15) is 0 Å². The van der Waals surface area contributed by atoms with Gasteiger partial charge in [0.25, 0.3) is 0 Å². The molecular weight excluding hydrogens is 321 g/mol. The highest BCUT2D eigenvalue weighted by Crippen LogP contribution is 2.39. The van der Waals surface area contributed by atoms with E-state index in [2.05, 4.69) is 37.2 Å². The van der Waals surface area contributed by atoms with E-state index < -0.39 is 0 Å². The predicted molar refractivity (Wildman–Crippen MR) is 63.9 cm³/mol. The fourth-order valence-corrected chi connectivity index (χ4v) is 2.14. The molecule has 5 N–H and O–H groups in total. The molecule has 0 unspecified atom stereocenters. The van der Waals surface area contributed by atoms with Crippen molar-refractivity contribution in [2.75, 3.05) is 17.7 Å². The molecule has 0 spiro atoms. The van der Waals surface area contributed by atoms with Crippen molar-refractivity contribution >= 4 is 54.8 Å². The summed E-state index contributed by atoms with van der Waals surface area (Å²) < 4.78 is 1.44. The van der Waals surface area contributed by atoms with Crippen LogP contribution in [0.5, 0.6) is 0 Å². The lowest BCUT2D eigenvalue weighted by atomic mass is 10.3. The Morgan fingerprint density at radius 1 is 1.46 bits per heavy atom. The number of nitrogens with one attached hydrogen (secondary N) is 1.